The summed E-state index contributed by atoms with van der Waals surface area (Å²) < 4.78 is 28.3. The molecule has 0 aliphatic rings. The molecule has 0 aliphatic heterocycles. The van der Waals surface area contributed by atoms with Gasteiger partial charge in [0.15, 0.2) is 5.82 Å². The number of anilines is 1. The van der Waals surface area contributed by atoms with Crippen LogP contribution < -0.4 is 10.5 Å². The van der Waals surface area contributed by atoms with Crippen molar-refractivity contribution in [3.63, 3.8) is 0 Å². The molecule has 0 aromatic carbocycles. The van der Waals surface area contributed by atoms with Crippen molar-refractivity contribution in [2.24, 2.45) is 0 Å². The Morgan fingerprint density at radius 2 is 2.30 bits per heavy atom. The van der Waals surface area contributed by atoms with Gasteiger partial charge in [0, 0.05) is 37.6 Å². The first-order valence-corrected chi connectivity index (χ1v) is 7.81. The van der Waals surface area contributed by atoms with Crippen LogP contribution in [0.15, 0.2) is 23.6 Å². The molecule has 0 bridgehead atoms. The number of H-pyrrole nitrogens is 1. The Bertz CT molecular complexity index is 647. The molecule has 0 atom stereocenters. The van der Waals surface area contributed by atoms with Crippen LogP contribution in [0.4, 0.5) is 5.82 Å². The lowest BCUT2D eigenvalue weighted by Gasteiger charge is -2.04. The average Bonchev–Trinajstić information content (AvgIpc) is 2.99. The van der Waals surface area contributed by atoms with Gasteiger partial charge in [-0.25, -0.2) is 18.1 Å². The van der Waals surface area contributed by atoms with Gasteiger partial charge in [-0.15, -0.1) is 0 Å². The molecule has 9 heteroatoms. The van der Waals surface area contributed by atoms with Gasteiger partial charge in [0.25, 0.3) is 0 Å². The summed E-state index contributed by atoms with van der Waals surface area (Å²) in [6, 6.07) is 0. The van der Waals surface area contributed by atoms with Crippen molar-refractivity contribution in [1.82, 2.24) is 24.5 Å². The fourth-order valence-electron chi connectivity index (χ4n) is 1.79. The van der Waals surface area contributed by atoms with Crippen LogP contribution in [-0.4, -0.2) is 34.7 Å². The molecule has 0 unspecified atom stereocenters. The van der Waals surface area contributed by atoms with E-state index in [4.69, 9.17) is 5.73 Å². The van der Waals surface area contributed by atoms with Crippen LogP contribution in [-0.2, 0) is 23.0 Å². The highest BCUT2D eigenvalue weighted by Gasteiger charge is 2.20. The predicted octanol–water partition coefficient (Wildman–Crippen LogP) is 0.119. The summed E-state index contributed by atoms with van der Waals surface area (Å²) in [5, 5.41) is 3.98. The Kier molecular flexibility index (Phi) is 4.40. The third-order valence-electron chi connectivity index (χ3n) is 2.74. The largest absolute Gasteiger partial charge is 0.381 e. The highest BCUT2D eigenvalue weighted by molar-refractivity contribution is 7.89. The molecule has 0 spiro atoms. The van der Waals surface area contributed by atoms with E-state index in [0.29, 0.717) is 13.0 Å². The number of nitrogens with one attached hydrogen (secondary N) is 2. The molecular formula is C11H18N6O2S. The van der Waals surface area contributed by atoms with Gasteiger partial charge in [-0.3, -0.25) is 4.68 Å². The minimum Gasteiger partial charge on any atom is -0.381 e. The number of hydrogen-bond donors (Lipinski definition) is 3. The topological polar surface area (TPSA) is 119 Å². The lowest BCUT2D eigenvalue weighted by molar-refractivity contribution is 0.579. The summed E-state index contributed by atoms with van der Waals surface area (Å²) in [5.74, 6) is 0.0208. The van der Waals surface area contributed by atoms with Crippen LogP contribution >= 0.6 is 0 Å². The number of nitrogens with two attached hydrogens (primary N) is 1. The first kappa shape index (κ1) is 14.5. The molecule has 0 fully saturated rings. The molecule has 0 radical (unpaired) electrons. The SMILES string of the molecule is CCCn1cc(S(=O)(=O)NCCc2cnc[nH]2)c(N)n1. The van der Waals surface area contributed by atoms with Gasteiger partial charge in [-0.1, -0.05) is 6.92 Å². The standard InChI is InChI=1S/C11H18N6O2S/c1-2-5-17-7-10(11(12)16-17)20(18,19)15-4-3-9-6-13-8-14-9/h6-8,15H,2-5H2,1H3,(H2,12,16)(H,13,14). The van der Waals surface area contributed by atoms with Crippen LogP contribution in [0.3, 0.4) is 0 Å². The monoisotopic (exact) mass is 298 g/mol. The van der Waals surface area contributed by atoms with Crippen molar-refractivity contribution in [2.75, 3.05) is 12.3 Å². The first-order chi connectivity index (χ1) is 9.53. The van der Waals surface area contributed by atoms with E-state index in [1.54, 1.807) is 17.2 Å². The van der Waals surface area contributed by atoms with Gasteiger partial charge in [-0.2, -0.15) is 5.10 Å². The summed E-state index contributed by atoms with van der Waals surface area (Å²) in [6.07, 6.45) is 6.05. The molecule has 2 aromatic heterocycles. The number of aryl methyl sites for hydroxylation is 1. The third-order valence-corrected chi connectivity index (χ3v) is 4.22. The first-order valence-electron chi connectivity index (χ1n) is 6.32. The molecule has 8 nitrogen and oxygen atoms in total. The van der Waals surface area contributed by atoms with Crippen LogP contribution in [0.5, 0.6) is 0 Å². The van der Waals surface area contributed by atoms with Crippen molar-refractivity contribution in [3.05, 3.63) is 24.4 Å². The molecule has 4 N–H and O–H groups in total. The van der Waals surface area contributed by atoms with Gasteiger partial charge in [-0.05, 0) is 6.42 Å². The maximum absolute atomic E-state index is 12.1. The van der Waals surface area contributed by atoms with Gasteiger partial charge >= 0.3 is 0 Å². The highest BCUT2D eigenvalue weighted by atomic mass is 32.2. The maximum atomic E-state index is 12.1. The van der Waals surface area contributed by atoms with Gasteiger partial charge in [0.1, 0.15) is 4.90 Å². The number of hydrogen-bond acceptors (Lipinski definition) is 5. The van der Waals surface area contributed by atoms with Crippen LogP contribution in [0.25, 0.3) is 0 Å². The summed E-state index contributed by atoms with van der Waals surface area (Å²) in [6.45, 7) is 2.88. The molecule has 20 heavy (non-hydrogen) atoms. The summed E-state index contributed by atoms with van der Waals surface area (Å²) >= 11 is 0. The van der Waals surface area contributed by atoms with E-state index in [1.807, 2.05) is 6.92 Å². The second-order valence-corrected chi connectivity index (χ2v) is 6.10. The van der Waals surface area contributed by atoms with E-state index in [0.717, 1.165) is 12.1 Å². The van der Waals surface area contributed by atoms with E-state index in [1.165, 1.54) is 6.20 Å². The number of rotatable bonds is 7. The zero-order valence-electron chi connectivity index (χ0n) is 11.2. The second-order valence-electron chi connectivity index (χ2n) is 4.37. The van der Waals surface area contributed by atoms with E-state index in [9.17, 15) is 8.42 Å². The van der Waals surface area contributed by atoms with Gasteiger partial charge in [0.05, 0.1) is 6.33 Å². The summed E-state index contributed by atoms with van der Waals surface area (Å²) in [4.78, 5) is 6.80. The normalized spacial score (nSPS) is 11.8. The van der Waals surface area contributed by atoms with Gasteiger partial charge in [0.2, 0.25) is 10.0 Å². The third kappa shape index (κ3) is 3.36. The number of nitrogen functional groups attached to an aromatic ring is 1. The minimum atomic E-state index is -3.63. The average molecular weight is 298 g/mol. The number of nitrogens with zero attached hydrogens (tertiary/aromatic N) is 3. The lowest BCUT2D eigenvalue weighted by Crippen LogP contribution is -2.26. The minimum absolute atomic E-state index is 0.0208. The predicted molar refractivity (Wildman–Crippen MR) is 74.4 cm³/mol. The van der Waals surface area contributed by atoms with Crippen molar-refractivity contribution >= 4 is 15.8 Å². The van der Waals surface area contributed by atoms with Crippen molar-refractivity contribution in [2.45, 2.75) is 31.2 Å². The Morgan fingerprint density at radius 3 is 2.95 bits per heavy atom. The molecule has 110 valence electrons. The smallest absolute Gasteiger partial charge is 0.245 e. The van der Waals surface area contributed by atoms with Crippen LogP contribution in [0.1, 0.15) is 19.0 Å². The molecule has 0 saturated heterocycles. The lowest BCUT2D eigenvalue weighted by atomic mass is 10.3. The Morgan fingerprint density at radius 1 is 1.50 bits per heavy atom. The van der Waals surface area contributed by atoms with E-state index in [-0.39, 0.29) is 17.3 Å². The van der Waals surface area contributed by atoms with Crippen molar-refractivity contribution in [3.8, 4) is 0 Å². The molecular weight excluding hydrogens is 280 g/mol. The van der Waals surface area contributed by atoms with E-state index >= 15 is 0 Å². The number of aromatic amines is 1. The molecule has 2 rings (SSSR count). The fourth-order valence-corrected chi connectivity index (χ4v) is 2.89. The van der Waals surface area contributed by atoms with Gasteiger partial charge < -0.3 is 10.7 Å². The molecule has 0 amide bonds. The quantitative estimate of drug-likeness (QED) is 0.671. The van der Waals surface area contributed by atoms with Crippen LogP contribution in [0, 0.1) is 0 Å². The Balaban J connectivity index is 2.02. The molecule has 0 aliphatic carbocycles. The number of imidazole rings is 1. The molecule has 2 heterocycles. The summed E-state index contributed by atoms with van der Waals surface area (Å²) in [7, 11) is -3.63. The van der Waals surface area contributed by atoms with E-state index < -0.39 is 10.0 Å². The number of aromatic nitrogens is 4. The second kappa shape index (κ2) is 6.06. The fraction of sp³-hybridized carbons (Fsp3) is 0.455. The van der Waals surface area contributed by atoms with Crippen molar-refractivity contribution in [1.29, 1.82) is 0 Å². The maximum Gasteiger partial charge on any atom is 0.245 e. The molecule has 0 saturated carbocycles. The zero-order chi connectivity index (χ0) is 14.6. The Hall–Kier alpha value is -1.87. The number of sulfonamides is 1. The summed E-state index contributed by atoms with van der Waals surface area (Å²) in [5.41, 5.74) is 6.52. The van der Waals surface area contributed by atoms with Crippen molar-refractivity contribution < 1.29 is 8.42 Å². The zero-order valence-corrected chi connectivity index (χ0v) is 12.0. The molecule has 2 aromatic rings. The Labute approximate surface area is 117 Å². The van der Waals surface area contributed by atoms with E-state index in [2.05, 4.69) is 19.8 Å². The van der Waals surface area contributed by atoms with Crippen LogP contribution in [0.2, 0.25) is 0 Å². The highest BCUT2D eigenvalue weighted by Crippen LogP contribution is 2.16.